The lowest BCUT2D eigenvalue weighted by Gasteiger charge is -2.11. The number of fused-ring (bicyclic) bond motifs is 1. The van der Waals surface area contributed by atoms with E-state index in [0.29, 0.717) is 29.4 Å². The second kappa shape index (κ2) is 7.34. The molecule has 0 aliphatic heterocycles. The lowest BCUT2D eigenvalue weighted by Crippen LogP contribution is -2.37. The van der Waals surface area contributed by atoms with Crippen LogP contribution in [-0.4, -0.2) is 31.0 Å². The fourth-order valence-electron chi connectivity index (χ4n) is 3.00. The standard InChI is InChI=1S/C19H24N6O3/c1-11-8-7-9-12(2)15(11)28-10-13(3)21-22-18-20-16-14(23(18)4)17(26)25(6)19(27)24(16)5/h7-9H,10H2,1-6H3,(H,20,22)/b21-13+. The van der Waals surface area contributed by atoms with Gasteiger partial charge in [0.15, 0.2) is 11.2 Å². The minimum atomic E-state index is -0.427. The van der Waals surface area contributed by atoms with Gasteiger partial charge < -0.3 is 9.30 Å². The van der Waals surface area contributed by atoms with E-state index >= 15 is 0 Å². The zero-order chi connectivity index (χ0) is 20.6. The molecule has 0 radical (unpaired) electrons. The molecule has 0 aliphatic rings. The Morgan fingerprint density at radius 3 is 2.39 bits per heavy atom. The minimum absolute atomic E-state index is 0.303. The molecule has 148 valence electrons. The van der Waals surface area contributed by atoms with Crippen molar-refractivity contribution in [1.82, 2.24) is 18.7 Å². The summed E-state index contributed by atoms with van der Waals surface area (Å²) in [4.78, 5) is 28.8. The largest absolute Gasteiger partial charge is 0.487 e. The molecule has 0 atom stereocenters. The first-order valence-electron chi connectivity index (χ1n) is 8.83. The predicted octanol–water partition coefficient (Wildman–Crippen LogP) is 1.45. The Labute approximate surface area is 161 Å². The molecule has 0 amide bonds. The Balaban J connectivity index is 1.84. The smallest absolute Gasteiger partial charge is 0.332 e. The second-order valence-corrected chi connectivity index (χ2v) is 6.84. The van der Waals surface area contributed by atoms with Crippen molar-refractivity contribution in [2.75, 3.05) is 12.0 Å². The molecule has 0 saturated heterocycles. The number of anilines is 1. The van der Waals surface area contributed by atoms with E-state index in [2.05, 4.69) is 15.5 Å². The van der Waals surface area contributed by atoms with Gasteiger partial charge >= 0.3 is 5.69 Å². The van der Waals surface area contributed by atoms with E-state index in [1.807, 2.05) is 39.0 Å². The Morgan fingerprint density at radius 1 is 1.11 bits per heavy atom. The van der Waals surface area contributed by atoms with Gasteiger partial charge in [-0.3, -0.25) is 13.9 Å². The molecule has 28 heavy (non-hydrogen) atoms. The van der Waals surface area contributed by atoms with Crippen molar-refractivity contribution in [1.29, 1.82) is 0 Å². The van der Waals surface area contributed by atoms with Crippen LogP contribution in [0.2, 0.25) is 0 Å². The van der Waals surface area contributed by atoms with Crippen molar-refractivity contribution in [2.24, 2.45) is 26.2 Å². The number of ether oxygens (including phenoxy) is 1. The number of aryl methyl sites for hydroxylation is 4. The zero-order valence-electron chi connectivity index (χ0n) is 16.9. The van der Waals surface area contributed by atoms with Gasteiger partial charge in [0.05, 0.1) is 5.71 Å². The minimum Gasteiger partial charge on any atom is -0.487 e. The number of hydrogen-bond acceptors (Lipinski definition) is 6. The maximum atomic E-state index is 12.4. The summed E-state index contributed by atoms with van der Waals surface area (Å²) in [5, 5.41) is 4.29. The van der Waals surface area contributed by atoms with Crippen LogP contribution in [0.1, 0.15) is 18.1 Å². The van der Waals surface area contributed by atoms with Crippen molar-refractivity contribution in [2.45, 2.75) is 20.8 Å². The van der Waals surface area contributed by atoms with Gasteiger partial charge in [-0.25, -0.2) is 10.2 Å². The average Bonchev–Trinajstić information content (AvgIpc) is 2.99. The number of nitrogens with one attached hydrogen (secondary N) is 1. The van der Waals surface area contributed by atoms with Crippen LogP contribution < -0.4 is 21.4 Å². The van der Waals surface area contributed by atoms with E-state index in [-0.39, 0.29) is 0 Å². The molecule has 0 spiro atoms. The van der Waals surface area contributed by atoms with Crippen molar-refractivity contribution < 1.29 is 4.74 Å². The first-order chi connectivity index (χ1) is 13.2. The van der Waals surface area contributed by atoms with Crippen molar-refractivity contribution in [3.8, 4) is 5.75 Å². The number of hydrogen-bond donors (Lipinski definition) is 1. The first-order valence-corrected chi connectivity index (χ1v) is 8.83. The SMILES string of the molecule is C/C(COc1c(C)cccc1C)=N\Nc1nc2c(c(=O)n(C)c(=O)n2C)n1C. The summed E-state index contributed by atoms with van der Waals surface area (Å²) in [6.07, 6.45) is 0. The molecule has 3 aromatic rings. The van der Waals surface area contributed by atoms with Crippen LogP contribution >= 0.6 is 0 Å². The third-order valence-electron chi connectivity index (χ3n) is 4.66. The molecule has 0 unspecified atom stereocenters. The highest BCUT2D eigenvalue weighted by atomic mass is 16.5. The molecule has 2 aromatic heterocycles. The number of para-hydroxylation sites is 1. The summed E-state index contributed by atoms with van der Waals surface area (Å²) in [6.45, 7) is 6.13. The zero-order valence-corrected chi connectivity index (χ0v) is 16.9. The molecular formula is C19H24N6O3. The van der Waals surface area contributed by atoms with E-state index in [9.17, 15) is 9.59 Å². The predicted molar refractivity (Wildman–Crippen MR) is 109 cm³/mol. The van der Waals surface area contributed by atoms with Crippen LogP contribution in [0.25, 0.3) is 11.2 Å². The summed E-state index contributed by atoms with van der Waals surface area (Å²) >= 11 is 0. The molecule has 3 rings (SSSR count). The number of imidazole rings is 1. The van der Waals surface area contributed by atoms with E-state index in [0.717, 1.165) is 21.4 Å². The number of aromatic nitrogens is 4. The lowest BCUT2D eigenvalue weighted by atomic mass is 10.1. The van der Waals surface area contributed by atoms with Crippen LogP contribution in [0.15, 0.2) is 32.9 Å². The van der Waals surface area contributed by atoms with Gasteiger partial charge in [-0.15, -0.1) is 0 Å². The molecule has 0 aliphatic carbocycles. The Bertz CT molecular complexity index is 1180. The van der Waals surface area contributed by atoms with Gasteiger partial charge in [0.2, 0.25) is 5.95 Å². The van der Waals surface area contributed by atoms with Gasteiger partial charge in [-0.2, -0.15) is 10.1 Å². The Kier molecular flexibility index (Phi) is 5.08. The molecule has 1 N–H and O–H groups in total. The summed E-state index contributed by atoms with van der Waals surface area (Å²) in [7, 11) is 4.72. The van der Waals surface area contributed by atoms with Crippen LogP contribution in [0.4, 0.5) is 5.95 Å². The van der Waals surface area contributed by atoms with Crippen molar-refractivity contribution >= 4 is 22.8 Å². The van der Waals surface area contributed by atoms with E-state index in [1.54, 1.807) is 18.7 Å². The van der Waals surface area contributed by atoms with E-state index < -0.39 is 11.2 Å². The highest BCUT2D eigenvalue weighted by molar-refractivity contribution is 5.84. The normalized spacial score (nSPS) is 11.9. The number of nitrogens with zero attached hydrogens (tertiary/aromatic N) is 5. The van der Waals surface area contributed by atoms with Gasteiger partial charge in [0.1, 0.15) is 12.4 Å². The quantitative estimate of drug-likeness (QED) is 0.531. The first kappa shape index (κ1) is 19.4. The molecule has 9 nitrogen and oxygen atoms in total. The van der Waals surface area contributed by atoms with Gasteiger partial charge in [-0.05, 0) is 31.9 Å². The second-order valence-electron chi connectivity index (χ2n) is 6.84. The average molecular weight is 384 g/mol. The maximum absolute atomic E-state index is 12.4. The van der Waals surface area contributed by atoms with Gasteiger partial charge in [0.25, 0.3) is 5.56 Å². The van der Waals surface area contributed by atoms with Crippen molar-refractivity contribution in [3.63, 3.8) is 0 Å². The van der Waals surface area contributed by atoms with Crippen molar-refractivity contribution in [3.05, 3.63) is 50.2 Å². The van der Waals surface area contributed by atoms with Gasteiger partial charge in [-0.1, -0.05) is 18.2 Å². The molecule has 0 fully saturated rings. The third kappa shape index (κ3) is 3.30. The number of hydrazone groups is 1. The molecule has 9 heteroatoms. The van der Waals surface area contributed by atoms with Gasteiger partial charge in [0, 0.05) is 21.1 Å². The van der Waals surface area contributed by atoms with Crippen LogP contribution in [-0.2, 0) is 21.1 Å². The van der Waals surface area contributed by atoms with Crippen LogP contribution in [0, 0.1) is 13.8 Å². The molecule has 0 bridgehead atoms. The van der Waals surface area contributed by atoms with E-state index in [1.165, 1.54) is 11.6 Å². The third-order valence-corrected chi connectivity index (χ3v) is 4.66. The highest BCUT2D eigenvalue weighted by Gasteiger charge is 2.16. The maximum Gasteiger partial charge on any atom is 0.332 e. The fourth-order valence-corrected chi connectivity index (χ4v) is 3.00. The molecule has 1 aromatic carbocycles. The molecular weight excluding hydrogens is 360 g/mol. The molecule has 0 saturated carbocycles. The summed E-state index contributed by atoms with van der Waals surface area (Å²) in [6, 6.07) is 5.98. The monoisotopic (exact) mass is 384 g/mol. The van der Waals surface area contributed by atoms with E-state index in [4.69, 9.17) is 4.74 Å². The molecule has 2 heterocycles. The lowest BCUT2D eigenvalue weighted by molar-refractivity contribution is 0.370. The highest BCUT2D eigenvalue weighted by Crippen LogP contribution is 2.22. The van der Waals surface area contributed by atoms with Crippen LogP contribution in [0.3, 0.4) is 0 Å². The Hall–Kier alpha value is -3.36. The Morgan fingerprint density at radius 2 is 1.75 bits per heavy atom. The fraction of sp³-hybridized carbons (Fsp3) is 0.368. The van der Waals surface area contributed by atoms with Crippen LogP contribution in [0.5, 0.6) is 5.75 Å². The summed E-state index contributed by atoms with van der Waals surface area (Å²) in [5.41, 5.74) is 5.49. The topological polar surface area (TPSA) is 95.4 Å². The summed E-state index contributed by atoms with van der Waals surface area (Å²) in [5.74, 6) is 1.21. The summed E-state index contributed by atoms with van der Waals surface area (Å²) < 4.78 is 9.86. The number of rotatable bonds is 5. The number of benzene rings is 1.